The first-order valence-electron chi connectivity index (χ1n) is 23.2. The van der Waals surface area contributed by atoms with E-state index in [0.29, 0.717) is 63.6 Å². The molecule has 13 nitrogen and oxygen atoms in total. The topological polar surface area (TPSA) is 176 Å². The van der Waals surface area contributed by atoms with Gasteiger partial charge in [0.1, 0.15) is 6.54 Å². The maximum atomic E-state index is 3.67. The molecule has 7 aromatic rings. The monoisotopic (exact) mass is 1640 g/mol. The Hall–Kier alpha value is -1.21. The normalized spacial score (nSPS) is 8.86. The molecule has 0 bridgehead atoms. The first kappa shape index (κ1) is 79.2. The van der Waals surface area contributed by atoms with Gasteiger partial charge >= 0.3 is 166 Å². The fourth-order valence-electron chi connectivity index (χ4n) is 3.82. The summed E-state index contributed by atoms with van der Waals surface area (Å²) in [6, 6.07) is 4.26. The van der Waals surface area contributed by atoms with Crippen molar-refractivity contribution < 1.29 is 28.5 Å². The Morgan fingerprint density at radius 1 is 0.536 bits per heavy atom. The molecule has 0 aliphatic rings. The van der Waals surface area contributed by atoms with Crippen molar-refractivity contribution in [3.63, 3.8) is 0 Å². The second kappa shape index (κ2) is 80.9. The number of rotatable bonds is 14. The standard InChI is InChI=1S/C12H20N.2C5H13I.C5H11I.C3H9I.6C3H4N2.C2H7I.HI/c1-3-4-5-6-9-13-10-7-8-12(2)11-13;1-4-5-6(2)3;1-3-4-5-6-2;1-2-3-4-5-6;1-3-4-2;6*1-2-5-3-4-1;1-3-2;/h7-8,10-11H,3-6,9H2,1-2H3;4-5H2,1-3H3;6H,3-5H2,1-2H3;2-5H2,1H3;4H,3H2,1-2H3;6*1-3H,(H,4,5);3H,1-2H3;1H/q+1;;;;;;;;;;;;/p-1. The summed E-state index contributed by atoms with van der Waals surface area (Å²) in [5.41, 5.74) is 1.35. The predicted octanol–water partition coefficient (Wildman–Crippen LogP) is 11.5. The van der Waals surface area contributed by atoms with E-state index in [1.807, 2.05) is 0 Å². The van der Waals surface area contributed by atoms with E-state index in [1.165, 1.54) is 89.6 Å². The molecule has 0 fully saturated rings. The third-order valence-corrected chi connectivity index (χ3v) is 14.6. The number of alkyl halides is 10. The third-order valence-electron chi connectivity index (χ3n) is 7.01. The van der Waals surface area contributed by atoms with Crippen LogP contribution in [0.25, 0.3) is 0 Å². The van der Waals surface area contributed by atoms with Crippen molar-refractivity contribution in [2.75, 3.05) is 47.3 Å². The number of halogens is 6. The van der Waals surface area contributed by atoms with Crippen molar-refractivity contribution in [3.05, 3.63) is 142 Å². The SMILES string of the molecule is CCCCCC[n+]1cccc(C)c1.CCCCCI.CCCC[IH]C.CCCI(C)C.CC[IH]C.C[IH]C.[I-].c1c[nH]cn1.c1c[nH]cn1.c1c[nH]cn1.c1c[nH]cn1.c1c[nH]cn1.c1c[nH]cn1. The van der Waals surface area contributed by atoms with Crippen LogP contribution in [0, 0.1) is 6.92 Å². The van der Waals surface area contributed by atoms with E-state index in [-0.39, 0.29) is 43.8 Å². The molecular formula is C50H97I6N13. The van der Waals surface area contributed by atoms with Crippen LogP contribution in [-0.2, 0) is 6.54 Å². The molecule has 7 rings (SSSR count). The second-order valence-corrected chi connectivity index (χ2v) is 29.4. The number of nitrogens with zero attached hydrogens (tertiary/aromatic N) is 7. The number of unbranched alkanes of at least 4 members (excludes halogenated alkanes) is 6. The first-order chi connectivity index (χ1) is 33.3. The minimum Gasteiger partial charge on any atom is -1.00 e. The molecule has 0 aromatic carbocycles. The number of hydrogen-bond donors (Lipinski definition) is 6. The van der Waals surface area contributed by atoms with Crippen LogP contribution in [0.3, 0.4) is 0 Å². The number of aromatic nitrogens is 13. The molecule has 0 spiro atoms. The molecule has 0 radical (unpaired) electrons. The molecule has 0 amide bonds. The zero-order valence-electron chi connectivity index (χ0n) is 44.3. The van der Waals surface area contributed by atoms with Gasteiger partial charge in [-0.25, -0.2) is 34.5 Å². The molecule has 404 valence electrons. The summed E-state index contributed by atoms with van der Waals surface area (Å²) < 4.78 is 8.13. The Morgan fingerprint density at radius 3 is 1.07 bits per heavy atom. The van der Waals surface area contributed by atoms with Gasteiger partial charge in [0.2, 0.25) is 0 Å². The van der Waals surface area contributed by atoms with Gasteiger partial charge in [0.05, 0.1) is 38.0 Å². The Balaban J connectivity index is -0.000000160. The van der Waals surface area contributed by atoms with E-state index in [2.05, 4.69) is 183 Å². The summed E-state index contributed by atoms with van der Waals surface area (Å²) in [4.78, 5) is 52.5. The summed E-state index contributed by atoms with van der Waals surface area (Å²) in [7, 11) is 0. The van der Waals surface area contributed by atoms with Gasteiger partial charge < -0.3 is 53.9 Å². The fraction of sp³-hybridized carbons (Fsp3) is 0.540. The average Bonchev–Trinajstić information content (AvgIpc) is 4.23. The summed E-state index contributed by atoms with van der Waals surface area (Å²) in [6.45, 7) is 14.5. The van der Waals surface area contributed by atoms with Gasteiger partial charge in [-0.2, -0.15) is 0 Å². The Labute approximate surface area is 490 Å². The molecule has 0 saturated carbocycles. The smallest absolute Gasteiger partial charge is 0.0919 e. The fourth-order valence-corrected chi connectivity index (χ4v) is 8.16. The third kappa shape index (κ3) is 93.4. The average molecular weight is 1640 g/mol. The van der Waals surface area contributed by atoms with Crippen molar-refractivity contribution in [1.82, 2.24) is 59.8 Å². The van der Waals surface area contributed by atoms with Gasteiger partial charge in [0, 0.05) is 92.4 Å². The van der Waals surface area contributed by atoms with Gasteiger partial charge in [-0.3, -0.25) is 0 Å². The molecule has 6 N–H and O–H groups in total. The van der Waals surface area contributed by atoms with E-state index in [4.69, 9.17) is 0 Å². The molecule has 0 unspecified atom stereocenters. The molecule has 0 aliphatic heterocycles. The predicted molar refractivity (Wildman–Crippen MR) is 347 cm³/mol. The van der Waals surface area contributed by atoms with Gasteiger partial charge in [-0.1, -0.05) is 62.1 Å². The zero-order chi connectivity index (χ0) is 51.5. The quantitative estimate of drug-likeness (QED) is 0.0273. The van der Waals surface area contributed by atoms with E-state index in [1.54, 1.807) is 117 Å². The van der Waals surface area contributed by atoms with Crippen LogP contribution in [0.1, 0.15) is 104 Å². The molecule has 0 saturated heterocycles. The Bertz CT molecular complexity index is 1270. The molecule has 69 heavy (non-hydrogen) atoms. The van der Waals surface area contributed by atoms with Crippen LogP contribution in [0.4, 0.5) is 0 Å². The van der Waals surface area contributed by atoms with Crippen LogP contribution in [0.2, 0.25) is 0 Å². The number of pyridine rings is 1. The van der Waals surface area contributed by atoms with Gasteiger partial charge in [0.15, 0.2) is 12.4 Å². The summed E-state index contributed by atoms with van der Waals surface area (Å²) in [5.74, 6) is 0. The summed E-state index contributed by atoms with van der Waals surface area (Å²) >= 11 is 3.52. The molecule has 7 heterocycles. The van der Waals surface area contributed by atoms with Gasteiger partial charge in [0.25, 0.3) is 0 Å². The Morgan fingerprint density at radius 2 is 0.899 bits per heavy atom. The number of aryl methyl sites for hydroxylation is 2. The van der Waals surface area contributed by atoms with Crippen molar-refractivity contribution in [3.8, 4) is 0 Å². The van der Waals surface area contributed by atoms with Gasteiger partial charge in [-0.15, -0.1) is 0 Å². The van der Waals surface area contributed by atoms with Crippen molar-refractivity contribution in [2.24, 2.45) is 0 Å². The first-order valence-corrected chi connectivity index (χ1v) is 43.2. The van der Waals surface area contributed by atoms with Crippen LogP contribution in [0.15, 0.2) is 137 Å². The number of imidazole rings is 6. The van der Waals surface area contributed by atoms with Crippen LogP contribution < -0.4 is 28.5 Å². The molecule has 7 aromatic heterocycles. The zero-order valence-corrected chi connectivity index (χ0v) is 57.8. The van der Waals surface area contributed by atoms with E-state index in [9.17, 15) is 0 Å². The summed E-state index contributed by atoms with van der Waals surface area (Å²) in [5, 5.41) is 0. The van der Waals surface area contributed by atoms with Crippen LogP contribution >= 0.6 is 106 Å². The van der Waals surface area contributed by atoms with E-state index >= 15 is 0 Å². The Kier molecular flexibility index (Phi) is 92.8. The molecule has 0 aliphatic carbocycles. The van der Waals surface area contributed by atoms with Crippen LogP contribution in [0.5, 0.6) is 0 Å². The maximum Gasteiger partial charge on any atom is 0.0919 e. The van der Waals surface area contributed by atoms with Gasteiger partial charge in [-0.05, 0) is 30.3 Å². The number of hydrogen-bond acceptors (Lipinski definition) is 6. The van der Waals surface area contributed by atoms with E-state index < -0.39 is 0 Å². The van der Waals surface area contributed by atoms with Crippen molar-refractivity contribution >= 4 is 106 Å². The van der Waals surface area contributed by atoms with E-state index in [0.717, 1.165) is 0 Å². The maximum absolute atomic E-state index is 3.67. The van der Waals surface area contributed by atoms with Crippen LogP contribution in [-0.4, -0.2) is 107 Å². The number of aromatic amines is 6. The number of nitrogens with one attached hydrogen (secondary N) is 6. The molecule has 0 atom stereocenters. The minimum absolute atomic E-state index is 0. The van der Waals surface area contributed by atoms with Crippen molar-refractivity contribution in [2.45, 2.75) is 112 Å². The summed E-state index contributed by atoms with van der Waals surface area (Å²) in [6.07, 6.45) is 48.6. The second-order valence-electron chi connectivity index (χ2n) is 13.6. The molecular weight excluding hydrogens is 1540 g/mol. The van der Waals surface area contributed by atoms with Crippen molar-refractivity contribution in [1.29, 1.82) is 0 Å². The molecule has 19 heteroatoms. The largest absolute Gasteiger partial charge is 1.00 e. The number of H-pyrrole nitrogens is 6. The minimum atomic E-state index is -0.307.